The van der Waals surface area contributed by atoms with E-state index in [0.717, 1.165) is 0 Å². The van der Waals surface area contributed by atoms with Crippen LogP contribution in [0.1, 0.15) is 29.3 Å². The molecule has 1 aromatic heterocycles. The van der Waals surface area contributed by atoms with Gasteiger partial charge in [0, 0.05) is 10.9 Å². The molecule has 1 aromatic rings. The van der Waals surface area contributed by atoms with Crippen LogP contribution in [0.4, 0.5) is 0 Å². The van der Waals surface area contributed by atoms with Crippen molar-refractivity contribution in [3.8, 4) is 6.07 Å². The standard InChI is InChI=1S/C10H12N2S/c1-7-4-5-13-10(7)9(6-11)12-8-2-3-8/h4-5,8-9,12H,2-3H2,1H3. The predicted octanol–water partition coefficient (Wildman–Crippen LogP) is 2.37. The van der Waals surface area contributed by atoms with Crippen LogP contribution in [0.2, 0.25) is 0 Å². The first-order chi connectivity index (χ1) is 6.31. The van der Waals surface area contributed by atoms with Gasteiger partial charge in [-0.3, -0.25) is 5.32 Å². The van der Waals surface area contributed by atoms with Gasteiger partial charge >= 0.3 is 0 Å². The molecule has 0 radical (unpaired) electrons. The molecule has 1 saturated carbocycles. The maximum absolute atomic E-state index is 8.99. The van der Waals surface area contributed by atoms with Gasteiger partial charge in [0.05, 0.1) is 6.07 Å². The quantitative estimate of drug-likeness (QED) is 0.798. The van der Waals surface area contributed by atoms with Gasteiger partial charge < -0.3 is 0 Å². The first kappa shape index (κ1) is 8.74. The number of rotatable bonds is 3. The van der Waals surface area contributed by atoms with E-state index in [4.69, 9.17) is 5.26 Å². The van der Waals surface area contributed by atoms with Crippen LogP contribution in [0.3, 0.4) is 0 Å². The highest BCUT2D eigenvalue weighted by Gasteiger charge is 2.26. The predicted molar refractivity (Wildman–Crippen MR) is 53.6 cm³/mol. The molecule has 1 unspecified atom stereocenters. The number of aryl methyl sites for hydroxylation is 1. The highest BCUT2D eigenvalue weighted by atomic mass is 32.1. The number of thiophene rings is 1. The van der Waals surface area contributed by atoms with Gasteiger partial charge in [0.15, 0.2) is 0 Å². The Labute approximate surface area is 82.2 Å². The molecule has 1 N–H and O–H groups in total. The topological polar surface area (TPSA) is 35.8 Å². The lowest BCUT2D eigenvalue weighted by Crippen LogP contribution is -2.21. The molecule has 1 aliphatic rings. The summed E-state index contributed by atoms with van der Waals surface area (Å²) in [7, 11) is 0. The van der Waals surface area contributed by atoms with Crippen LogP contribution in [-0.4, -0.2) is 6.04 Å². The molecule has 3 heteroatoms. The Balaban J connectivity index is 2.12. The summed E-state index contributed by atoms with van der Waals surface area (Å²) in [5, 5.41) is 14.4. The largest absolute Gasteiger partial charge is 0.295 e. The number of nitriles is 1. The zero-order valence-electron chi connectivity index (χ0n) is 7.58. The van der Waals surface area contributed by atoms with Crippen LogP contribution < -0.4 is 5.32 Å². The summed E-state index contributed by atoms with van der Waals surface area (Å²) in [6, 6.07) is 4.88. The smallest absolute Gasteiger partial charge is 0.131 e. The van der Waals surface area contributed by atoms with E-state index in [1.54, 1.807) is 11.3 Å². The van der Waals surface area contributed by atoms with Crippen LogP contribution in [0.15, 0.2) is 11.4 Å². The zero-order chi connectivity index (χ0) is 9.26. The van der Waals surface area contributed by atoms with Crippen LogP contribution in [0.5, 0.6) is 0 Å². The normalized spacial score (nSPS) is 18.2. The highest BCUT2D eigenvalue weighted by molar-refractivity contribution is 7.10. The Kier molecular flexibility index (Phi) is 2.34. The number of nitrogens with one attached hydrogen (secondary N) is 1. The Morgan fingerprint density at radius 2 is 2.46 bits per heavy atom. The minimum Gasteiger partial charge on any atom is -0.295 e. The van der Waals surface area contributed by atoms with Crippen LogP contribution in [0.25, 0.3) is 0 Å². The van der Waals surface area contributed by atoms with Crippen molar-refractivity contribution in [2.75, 3.05) is 0 Å². The lowest BCUT2D eigenvalue weighted by atomic mass is 10.2. The fourth-order valence-electron chi connectivity index (χ4n) is 1.34. The molecule has 2 rings (SSSR count). The minimum atomic E-state index is -0.0903. The van der Waals surface area contributed by atoms with Gasteiger partial charge in [0.25, 0.3) is 0 Å². The van der Waals surface area contributed by atoms with Gasteiger partial charge in [-0.15, -0.1) is 11.3 Å². The molecule has 1 atom stereocenters. The SMILES string of the molecule is Cc1ccsc1C(C#N)NC1CC1. The highest BCUT2D eigenvalue weighted by Crippen LogP contribution is 2.28. The average Bonchev–Trinajstić information content (AvgIpc) is 2.85. The van der Waals surface area contributed by atoms with E-state index in [9.17, 15) is 0 Å². The molecule has 68 valence electrons. The van der Waals surface area contributed by atoms with Crippen LogP contribution >= 0.6 is 11.3 Å². The maximum Gasteiger partial charge on any atom is 0.131 e. The molecule has 1 aliphatic carbocycles. The van der Waals surface area contributed by atoms with Gasteiger partial charge in [-0.1, -0.05) is 0 Å². The summed E-state index contributed by atoms with van der Waals surface area (Å²) < 4.78 is 0. The van der Waals surface area contributed by atoms with Crippen LogP contribution in [-0.2, 0) is 0 Å². The van der Waals surface area contributed by atoms with Crippen molar-refractivity contribution in [1.82, 2.24) is 5.32 Å². The summed E-state index contributed by atoms with van der Waals surface area (Å²) >= 11 is 1.67. The van der Waals surface area contributed by atoms with Gasteiger partial charge in [-0.2, -0.15) is 5.26 Å². The zero-order valence-corrected chi connectivity index (χ0v) is 8.40. The van der Waals surface area contributed by atoms with Crippen molar-refractivity contribution in [1.29, 1.82) is 5.26 Å². The van der Waals surface area contributed by atoms with E-state index in [-0.39, 0.29) is 6.04 Å². The number of hydrogen-bond acceptors (Lipinski definition) is 3. The first-order valence-electron chi connectivity index (χ1n) is 4.51. The van der Waals surface area contributed by atoms with Crippen molar-refractivity contribution in [3.63, 3.8) is 0 Å². The lowest BCUT2D eigenvalue weighted by Gasteiger charge is -2.09. The molecule has 0 spiro atoms. The Morgan fingerprint density at radius 3 is 2.92 bits per heavy atom. The molecular formula is C10H12N2S. The van der Waals surface area contributed by atoms with Crippen molar-refractivity contribution >= 4 is 11.3 Å². The molecule has 2 nitrogen and oxygen atoms in total. The van der Waals surface area contributed by atoms with E-state index in [0.29, 0.717) is 6.04 Å². The molecule has 13 heavy (non-hydrogen) atoms. The second kappa shape index (κ2) is 3.49. The fraction of sp³-hybridized carbons (Fsp3) is 0.500. The molecule has 0 aliphatic heterocycles. The Hall–Kier alpha value is -0.850. The van der Waals surface area contributed by atoms with Crippen molar-refractivity contribution in [3.05, 3.63) is 21.9 Å². The van der Waals surface area contributed by atoms with Gasteiger partial charge in [0.2, 0.25) is 0 Å². The first-order valence-corrected chi connectivity index (χ1v) is 5.39. The summed E-state index contributed by atoms with van der Waals surface area (Å²) in [5.74, 6) is 0. The molecule has 0 saturated heterocycles. The lowest BCUT2D eigenvalue weighted by molar-refractivity contribution is 0.632. The van der Waals surface area contributed by atoms with E-state index >= 15 is 0 Å². The van der Waals surface area contributed by atoms with Gasteiger partial charge in [-0.05, 0) is 36.8 Å². The summed E-state index contributed by atoms with van der Waals surface area (Å²) in [6.45, 7) is 2.06. The summed E-state index contributed by atoms with van der Waals surface area (Å²) in [6.07, 6.45) is 2.45. The maximum atomic E-state index is 8.99. The van der Waals surface area contributed by atoms with Gasteiger partial charge in [0.1, 0.15) is 6.04 Å². The molecular weight excluding hydrogens is 180 g/mol. The monoisotopic (exact) mass is 192 g/mol. The Morgan fingerprint density at radius 1 is 1.69 bits per heavy atom. The van der Waals surface area contributed by atoms with Crippen molar-refractivity contribution in [2.45, 2.75) is 31.8 Å². The molecule has 0 amide bonds. The van der Waals surface area contributed by atoms with E-state index < -0.39 is 0 Å². The molecule has 1 heterocycles. The molecule has 1 fully saturated rings. The van der Waals surface area contributed by atoms with Crippen molar-refractivity contribution in [2.24, 2.45) is 0 Å². The summed E-state index contributed by atoms with van der Waals surface area (Å²) in [5.41, 5.74) is 1.23. The number of nitrogens with zero attached hydrogens (tertiary/aromatic N) is 1. The third kappa shape index (κ3) is 1.90. The minimum absolute atomic E-state index is 0.0903. The van der Waals surface area contributed by atoms with Gasteiger partial charge in [-0.25, -0.2) is 0 Å². The van der Waals surface area contributed by atoms with Crippen LogP contribution in [0, 0.1) is 18.3 Å². The molecule has 0 aromatic carbocycles. The second-order valence-electron chi connectivity index (χ2n) is 3.47. The van der Waals surface area contributed by atoms with E-state index in [1.165, 1.54) is 23.3 Å². The third-order valence-electron chi connectivity index (χ3n) is 2.27. The number of hydrogen-bond donors (Lipinski definition) is 1. The van der Waals surface area contributed by atoms with E-state index in [1.807, 2.05) is 5.38 Å². The fourth-order valence-corrected chi connectivity index (χ4v) is 2.27. The van der Waals surface area contributed by atoms with Crippen molar-refractivity contribution < 1.29 is 0 Å². The molecule has 0 bridgehead atoms. The second-order valence-corrected chi connectivity index (χ2v) is 4.42. The average molecular weight is 192 g/mol. The third-order valence-corrected chi connectivity index (χ3v) is 3.36. The Bertz CT molecular complexity index is 333. The summed E-state index contributed by atoms with van der Waals surface area (Å²) in [4.78, 5) is 1.18. The van der Waals surface area contributed by atoms with E-state index in [2.05, 4.69) is 24.4 Å².